The molecule has 1 unspecified atom stereocenters. The summed E-state index contributed by atoms with van der Waals surface area (Å²) in [7, 11) is 0. The van der Waals surface area contributed by atoms with Gasteiger partial charge in [-0.25, -0.2) is 0 Å². The van der Waals surface area contributed by atoms with Crippen LogP contribution in [0.25, 0.3) is 0 Å². The summed E-state index contributed by atoms with van der Waals surface area (Å²) in [4.78, 5) is 0. The fourth-order valence-corrected chi connectivity index (χ4v) is 1.59. The maximum atomic E-state index is 5.85. The van der Waals surface area contributed by atoms with Gasteiger partial charge in [0.25, 0.3) is 0 Å². The van der Waals surface area contributed by atoms with E-state index in [1.54, 1.807) is 0 Å². The highest BCUT2D eigenvalue weighted by atomic mass is 16.5. The molecule has 0 saturated heterocycles. The molecule has 0 aromatic heterocycles. The van der Waals surface area contributed by atoms with Gasteiger partial charge in [-0.2, -0.15) is 0 Å². The van der Waals surface area contributed by atoms with Gasteiger partial charge in [0.1, 0.15) is 5.75 Å². The first-order valence-corrected chi connectivity index (χ1v) is 6.09. The Hall–Kier alpha value is -1.02. The van der Waals surface area contributed by atoms with Crippen LogP contribution in [-0.2, 0) is 0 Å². The van der Waals surface area contributed by atoms with Crippen molar-refractivity contribution in [1.29, 1.82) is 0 Å². The van der Waals surface area contributed by atoms with Crippen molar-refractivity contribution in [2.75, 3.05) is 6.61 Å². The third-order valence-corrected chi connectivity index (χ3v) is 2.84. The molecule has 1 aromatic rings. The van der Waals surface area contributed by atoms with Gasteiger partial charge in [0.15, 0.2) is 0 Å². The van der Waals surface area contributed by atoms with Gasteiger partial charge in [-0.3, -0.25) is 0 Å². The van der Waals surface area contributed by atoms with Crippen molar-refractivity contribution < 1.29 is 4.74 Å². The van der Waals surface area contributed by atoms with E-state index in [1.165, 1.54) is 11.1 Å². The van der Waals surface area contributed by atoms with Crippen LogP contribution in [0.4, 0.5) is 0 Å². The molecule has 0 saturated carbocycles. The van der Waals surface area contributed by atoms with Crippen LogP contribution in [0, 0.1) is 13.8 Å². The van der Waals surface area contributed by atoms with E-state index in [0.29, 0.717) is 6.04 Å². The van der Waals surface area contributed by atoms with Gasteiger partial charge in [-0.15, -0.1) is 0 Å². The van der Waals surface area contributed by atoms with Crippen molar-refractivity contribution in [2.24, 2.45) is 5.73 Å². The van der Waals surface area contributed by atoms with E-state index in [9.17, 15) is 0 Å². The Morgan fingerprint density at radius 3 is 2.75 bits per heavy atom. The zero-order valence-electron chi connectivity index (χ0n) is 10.6. The quantitative estimate of drug-likeness (QED) is 0.749. The minimum atomic E-state index is 0.321. The fraction of sp³-hybridized carbons (Fsp3) is 0.571. The van der Waals surface area contributed by atoms with Crippen molar-refractivity contribution in [1.82, 2.24) is 0 Å². The van der Waals surface area contributed by atoms with Crippen LogP contribution >= 0.6 is 0 Å². The number of nitrogens with two attached hydrogens (primary N) is 1. The molecule has 0 bridgehead atoms. The van der Waals surface area contributed by atoms with Crippen molar-refractivity contribution >= 4 is 0 Å². The molecule has 0 aliphatic heterocycles. The van der Waals surface area contributed by atoms with Crippen molar-refractivity contribution in [3.63, 3.8) is 0 Å². The van der Waals surface area contributed by atoms with E-state index in [1.807, 2.05) is 0 Å². The maximum Gasteiger partial charge on any atom is 0.122 e. The van der Waals surface area contributed by atoms with Gasteiger partial charge in [0.2, 0.25) is 0 Å². The second-order valence-electron chi connectivity index (χ2n) is 4.43. The summed E-state index contributed by atoms with van der Waals surface area (Å²) < 4.78 is 5.76. The molecular formula is C14H23NO. The third-order valence-electron chi connectivity index (χ3n) is 2.84. The molecule has 0 radical (unpaired) electrons. The molecule has 1 aromatic carbocycles. The zero-order chi connectivity index (χ0) is 12.0. The first-order valence-electron chi connectivity index (χ1n) is 6.09. The van der Waals surface area contributed by atoms with Crippen LogP contribution in [0.2, 0.25) is 0 Å². The second kappa shape index (κ2) is 6.54. The number of hydrogen-bond acceptors (Lipinski definition) is 2. The molecule has 90 valence electrons. The Kier molecular flexibility index (Phi) is 5.33. The molecule has 0 heterocycles. The van der Waals surface area contributed by atoms with E-state index in [0.717, 1.165) is 31.6 Å². The molecular weight excluding hydrogens is 198 g/mol. The van der Waals surface area contributed by atoms with E-state index in [4.69, 9.17) is 10.5 Å². The smallest absolute Gasteiger partial charge is 0.122 e. The molecule has 2 nitrogen and oxygen atoms in total. The lowest BCUT2D eigenvalue weighted by Crippen LogP contribution is -2.19. The molecule has 0 fully saturated rings. The SMILES string of the molecule is CCC(N)CCCOc1cc(C)ccc1C. The molecule has 1 atom stereocenters. The molecule has 0 aliphatic carbocycles. The number of benzene rings is 1. The van der Waals surface area contributed by atoms with Gasteiger partial charge >= 0.3 is 0 Å². The highest BCUT2D eigenvalue weighted by Gasteiger charge is 2.01. The highest BCUT2D eigenvalue weighted by Crippen LogP contribution is 2.19. The highest BCUT2D eigenvalue weighted by molar-refractivity contribution is 5.35. The zero-order valence-corrected chi connectivity index (χ0v) is 10.6. The predicted molar refractivity (Wildman–Crippen MR) is 68.9 cm³/mol. The molecule has 0 spiro atoms. The van der Waals surface area contributed by atoms with Gasteiger partial charge in [-0.05, 0) is 50.3 Å². The van der Waals surface area contributed by atoms with Crippen molar-refractivity contribution in [3.05, 3.63) is 29.3 Å². The van der Waals surface area contributed by atoms with Crippen LogP contribution in [0.3, 0.4) is 0 Å². The monoisotopic (exact) mass is 221 g/mol. The molecule has 16 heavy (non-hydrogen) atoms. The summed E-state index contributed by atoms with van der Waals surface area (Å²) in [5.41, 5.74) is 8.29. The van der Waals surface area contributed by atoms with Crippen molar-refractivity contribution in [2.45, 2.75) is 46.1 Å². The molecule has 1 rings (SSSR count). The lowest BCUT2D eigenvalue weighted by molar-refractivity contribution is 0.298. The minimum Gasteiger partial charge on any atom is -0.493 e. The van der Waals surface area contributed by atoms with Gasteiger partial charge in [0, 0.05) is 6.04 Å². The summed E-state index contributed by atoms with van der Waals surface area (Å²) in [5, 5.41) is 0. The average molecular weight is 221 g/mol. The number of aryl methyl sites for hydroxylation is 2. The Labute approximate surface area is 98.8 Å². The Morgan fingerprint density at radius 2 is 2.06 bits per heavy atom. The van der Waals surface area contributed by atoms with E-state index in [2.05, 4.69) is 39.0 Å². The Bertz CT molecular complexity index is 323. The Balaban J connectivity index is 2.34. The van der Waals surface area contributed by atoms with Gasteiger partial charge in [-0.1, -0.05) is 19.1 Å². The molecule has 2 N–H and O–H groups in total. The lowest BCUT2D eigenvalue weighted by Gasteiger charge is -2.11. The molecule has 0 amide bonds. The summed E-state index contributed by atoms with van der Waals surface area (Å²) in [6.45, 7) is 7.04. The first kappa shape index (κ1) is 13.0. The minimum absolute atomic E-state index is 0.321. The van der Waals surface area contributed by atoms with Crippen LogP contribution in [0.15, 0.2) is 18.2 Å². The molecule has 0 aliphatic rings. The van der Waals surface area contributed by atoms with Gasteiger partial charge in [0.05, 0.1) is 6.61 Å². The van der Waals surface area contributed by atoms with Crippen LogP contribution < -0.4 is 10.5 Å². The van der Waals surface area contributed by atoms with Crippen LogP contribution in [0.5, 0.6) is 5.75 Å². The largest absolute Gasteiger partial charge is 0.493 e. The van der Waals surface area contributed by atoms with Crippen LogP contribution in [0.1, 0.15) is 37.3 Å². The third kappa shape index (κ3) is 4.23. The second-order valence-corrected chi connectivity index (χ2v) is 4.43. The number of ether oxygens (including phenoxy) is 1. The van der Waals surface area contributed by atoms with E-state index < -0.39 is 0 Å². The average Bonchev–Trinajstić information content (AvgIpc) is 2.28. The van der Waals surface area contributed by atoms with Gasteiger partial charge < -0.3 is 10.5 Å². The number of hydrogen-bond donors (Lipinski definition) is 1. The Morgan fingerprint density at radius 1 is 1.31 bits per heavy atom. The maximum absolute atomic E-state index is 5.85. The summed E-state index contributed by atoms with van der Waals surface area (Å²) in [5.74, 6) is 1.00. The number of rotatable bonds is 6. The van der Waals surface area contributed by atoms with E-state index in [-0.39, 0.29) is 0 Å². The standard InChI is InChI=1S/C14H23NO/c1-4-13(15)6-5-9-16-14-10-11(2)7-8-12(14)3/h7-8,10,13H,4-6,9,15H2,1-3H3. The normalized spacial score (nSPS) is 12.5. The predicted octanol–water partition coefficient (Wildman–Crippen LogP) is 3.20. The van der Waals surface area contributed by atoms with Crippen molar-refractivity contribution in [3.8, 4) is 5.75 Å². The lowest BCUT2D eigenvalue weighted by atomic mass is 10.1. The fourth-order valence-electron chi connectivity index (χ4n) is 1.59. The van der Waals surface area contributed by atoms with E-state index >= 15 is 0 Å². The summed E-state index contributed by atoms with van der Waals surface area (Å²) >= 11 is 0. The molecule has 2 heteroatoms. The first-order chi connectivity index (χ1) is 7.63. The van der Waals surface area contributed by atoms with Crippen LogP contribution in [-0.4, -0.2) is 12.6 Å². The topological polar surface area (TPSA) is 35.2 Å². The summed E-state index contributed by atoms with van der Waals surface area (Å²) in [6.07, 6.45) is 3.12. The summed E-state index contributed by atoms with van der Waals surface area (Å²) in [6, 6.07) is 6.62.